The fraction of sp³-hybridized carbons (Fsp3) is 0.333. The summed E-state index contributed by atoms with van der Waals surface area (Å²) in [7, 11) is 0. The van der Waals surface area contributed by atoms with Crippen LogP contribution in [0.2, 0.25) is 0 Å². The van der Waals surface area contributed by atoms with Crippen LogP contribution in [0.1, 0.15) is 11.3 Å². The largest absolute Gasteiger partial charge is 0.573 e. The smallest absolute Gasteiger partial charge is 0.481 e. The maximum Gasteiger partial charge on any atom is 0.573 e. The summed E-state index contributed by atoms with van der Waals surface area (Å²) in [5, 5.41) is 8.65. The van der Waals surface area contributed by atoms with E-state index in [4.69, 9.17) is 16.6 Å². The highest BCUT2D eigenvalue weighted by Gasteiger charge is 2.33. The number of alkyl halides is 3. The number of nitrogens with two attached hydrogens (primary N) is 2. The van der Waals surface area contributed by atoms with E-state index in [0.717, 1.165) is 6.20 Å². The van der Waals surface area contributed by atoms with Gasteiger partial charge in [0.25, 0.3) is 0 Å². The molecule has 1 heterocycles. The summed E-state index contributed by atoms with van der Waals surface area (Å²) in [4.78, 5) is 14.2. The minimum Gasteiger partial charge on any atom is -0.481 e. The lowest BCUT2D eigenvalue weighted by molar-refractivity contribution is -0.274. The predicted molar refractivity (Wildman–Crippen MR) is 54.6 cm³/mol. The number of hydrogen-bond donors (Lipinski definition) is 3. The molecule has 18 heavy (non-hydrogen) atoms. The molecule has 5 N–H and O–H groups in total. The number of hydrogen-bond acceptors (Lipinski definition) is 5. The summed E-state index contributed by atoms with van der Waals surface area (Å²) in [6.07, 6.45) is -4.75. The number of nitrogen functional groups attached to an aromatic ring is 1. The molecule has 0 amide bonds. The summed E-state index contributed by atoms with van der Waals surface area (Å²) in [6, 6.07) is 0. The van der Waals surface area contributed by atoms with E-state index in [-0.39, 0.29) is 17.8 Å². The van der Waals surface area contributed by atoms with Gasteiger partial charge in [0.2, 0.25) is 0 Å². The Hall–Kier alpha value is -2.03. The van der Waals surface area contributed by atoms with E-state index in [0.29, 0.717) is 0 Å². The molecular weight excluding hydrogens is 255 g/mol. The Kier molecular flexibility index (Phi) is 3.96. The van der Waals surface area contributed by atoms with Crippen LogP contribution < -0.4 is 16.2 Å². The van der Waals surface area contributed by atoms with Crippen LogP contribution in [0.3, 0.4) is 0 Å². The van der Waals surface area contributed by atoms with Gasteiger partial charge in [-0.15, -0.1) is 13.2 Å². The first-order valence-corrected chi connectivity index (χ1v) is 4.68. The Bertz CT molecular complexity index is 462. The van der Waals surface area contributed by atoms with Crippen molar-refractivity contribution >= 4 is 11.7 Å². The third-order valence-electron chi connectivity index (χ3n) is 2.02. The first kappa shape index (κ1) is 14.0. The van der Waals surface area contributed by atoms with E-state index in [1.165, 1.54) is 0 Å². The molecule has 0 unspecified atom stereocenters. The first-order valence-electron chi connectivity index (χ1n) is 4.68. The lowest BCUT2D eigenvalue weighted by Gasteiger charge is -2.14. The lowest BCUT2D eigenvalue weighted by atomic mass is 10.1. The van der Waals surface area contributed by atoms with Gasteiger partial charge in [-0.25, -0.2) is 0 Å². The Labute approximate surface area is 99.4 Å². The van der Waals surface area contributed by atoms with Crippen LogP contribution in [0.5, 0.6) is 5.75 Å². The van der Waals surface area contributed by atoms with Gasteiger partial charge in [-0.05, 0) is 0 Å². The van der Waals surface area contributed by atoms with Crippen molar-refractivity contribution in [2.75, 3.05) is 5.73 Å². The fourth-order valence-electron chi connectivity index (χ4n) is 1.32. The SMILES string of the molecule is NCc1ncc(OC(F)(F)F)c(N)c1CC(=O)O. The van der Waals surface area contributed by atoms with Crippen LogP contribution in [-0.4, -0.2) is 22.4 Å². The number of aliphatic carboxylic acids is 1. The van der Waals surface area contributed by atoms with Crippen molar-refractivity contribution in [3.63, 3.8) is 0 Å². The number of carboxylic acid groups (broad SMARTS) is 1. The number of pyridine rings is 1. The van der Waals surface area contributed by atoms with Crippen molar-refractivity contribution in [1.82, 2.24) is 4.98 Å². The van der Waals surface area contributed by atoms with Crippen LogP contribution in [0.4, 0.5) is 18.9 Å². The van der Waals surface area contributed by atoms with Crippen LogP contribution in [0, 0.1) is 0 Å². The maximum atomic E-state index is 12.1. The number of nitrogens with zero attached hydrogens (tertiary/aromatic N) is 1. The first-order chi connectivity index (χ1) is 8.24. The molecule has 0 saturated carbocycles. The summed E-state index contributed by atoms with van der Waals surface area (Å²) >= 11 is 0. The molecule has 0 atom stereocenters. The highest BCUT2D eigenvalue weighted by molar-refractivity contribution is 5.75. The molecule has 6 nitrogen and oxygen atoms in total. The minimum absolute atomic E-state index is 0.0771. The van der Waals surface area contributed by atoms with Gasteiger partial charge in [-0.3, -0.25) is 9.78 Å². The average Bonchev–Trinajstić information content (AvgIpc) is 2.22. The summed E-state index contributed by atoms with van der Waals surface area (Å²) in [5.41, 5.74) is 10.3. The van der Waals surface area contributed by atoms with Gasteiger partial charge in [-0.2, -0.15) is 0 Å². The molecule has 0 aliphatic carbocycles. The topological polar surface area (TPSA) is 111 Å². The van der Waals surface area contributed by atoms with Gasteiger partial charge in [0.15, 0.2) is 5.75 Å². The predicted octanol–water partition coefficient (Wildman–Crippen LogP) is 0.648. The number of carboxylic acids is 1. The van der Waals surface area contributed by atoms with E-state index in [2.05, 4.69) is 9.72 Å². The van der Waals surface area contributed by atoms with Crippen molar-refractivity contribution in [3.8, 4) is 5.75 Å². The van der Waals surface area contributed by atoms with Gasteiger partial charge in [0.1, 0.15) is 0 Å². The van der Waals surface area contributed by atoms with Crippen LogP contribution in [0.15, 0.2) is 6.20 Å². The van der Waals surface area contributed by atoms with Crippen LogP contribution >= 0.6 is 0 Å². The Morgan fingerprint density at radius 2 is 2.11 bits per heavy atom. The van der Waals surface area contributed by atoms with Gasteiger partial charge in [0, 0.05) is 12.1 Å². The molecule has 9 heteroatoms. The second-order valence-corrected chi connectivity index (χ2v) is 3.28. The molecule has 0 fully saturated rings. The fourth-order valence-corrected chi connectivity index (χ4v) is 1.32. The highest BCUT2D eigenvalue weighted by Crippen LogP contribution is 2.31. The molecule has 1 aromatic heterocycles. The zero-order valence-electron chi connectivity index (χ0n) is 8.99. The van der Waals surface area contributed by atoms with Gasteiger partial charge < -0.3 is 21.3 Å². The molecule has 1 rings (SSSR count). The zero-order valence-corrected chi connectivity index (χ0v) is 8.99. The molecule has 0 aromatic carbocycles. The molecule has 0 bridgehead atoms. The quantitative estimate of drug-likeness (QED) is 0.736. The number of anilines is 1. The second kappa shape index (κ2) is 5.08. The molecule has 0 aliphatic heterocycles. The van der Waals surface area contributed by atoms with Crippen molar-refractivity contribution in [1.29, 1.82) is 0 Å². The number of aromatic nitrogens is 1. The molecule has 0 aliphatic rings. The zero-order chi connectivity index (χ0) is 13.9. The maximum absolute atomic E-state index is 12.1. The summed E-state index contributed by atoms with van der Waals surface area (Å²) in [5.74, 6) is -2.00. The molecule has 0 radical (unpaired) electrons. The standard InChI is InChI=1S/C9H10F3N3O3/c10-9(11,12)18-6-3-15-5(2-13)4(8(6)14)1-7(16)17/h3H,1-2,13H2,(H2,14,15)(H,16,17). The summed E-state index contributed by atoms with van der Waals surface area (Å²) < 4.78 is 39.8. The van der Waals surface area contributed by atoms with Gasteiger partial charge in [0.05, 0.1) is 24.0 Å². The van der Waals surface area contributed by atoms with E-state index in [1.54, 1.807) is 0 Å². The van der Waals surface area contributed by atoms with E-state index in [1.807, 2.05) is 0 Å². The number of halogens is 3. The highest BCUT2D eigenvalue weighted by atomic mass is 19.4. The Balaban J connectivity index is 3.20. The van der Waals surface area contributed by atoms with E-state index in [9.17, 15) is 18.0 Å². The third kappa shape index (κ3) is 3.48. The third-order valence-corrected chi connectivity index (χ3v) is 2.02. The lowest BCUT2D eigenvalue weighted by Crippen LogP contribution is -2.20. The van der Waals surface area contributed by atoms with Crippen LogP contribution in [0.25, 0.3) is 0 Å². The summed E-state index contributed by atoms with van der Waals surface area (Å²) in [6.45, 7) is -0.140. The molecular formula is C9H10F3N3O3. The minimum atomic E-state index is -4.93. The second-order valence-electron chi connectivity index (χ2n) is 3.28. The molecule has 1 aromatic rings. The molecule has 100 valence electrons. The molecule has 0 saturated heterocycles. The van der Waals surface area contributed by atoms with Crippen molar-refractivity contribution in [2.24, 2.45) is 5.73 Å². The Morgan fingerprint density at radius 1 is 1.50 bits per heavy atom. The van der Waals surface area contributed by atoms with Gasteiger partial charge in [-0.1, -0.05) is 0 Å². The normalized spacial score (nSPS) is 11.3. The van der Waals surface area contributed by atoms with E-state index < -0.39 is 30.2 Å². The van der Waals surface area contributed by atoms with Crippen molar-refractivity contribution in [3.05, 3.63) is 17.5 Å². The monoisotopic (exact) mass is 265 g/mol. The van der Waals surface area contributed by atoms with Crippen molar-refractivity contribution < 1.29 is 27.8 Å². The van der Waals surface area contributed by atoms with Crippen molar-refractivity contribution in [2.45, 2.75) is 19.3 Å². The average molecular weight is 265 g/mol. The van der Waals surface area contributed by atoms with E-state index >= 15 is 0 Å². The number of ether oxygens (including phenoxy) is 1. The molecule has 0 spiro atoms. The van der Waals surface area contributed by atoms with Gasteiger partial charge >= 0.3 is 12.3 Å². The van der Waals surface area contributed by atoms with Crippen LogP contribution in [-0.2, 0) is 17.8 Å². The number of carbonyl (C=O) groups is 1. The Morgan fingerprint density at radius 3 is 2.56 bits per heavy atom. The number of rotatable bonds is 4.